The SMILES string of the molecule is COc1cc(CN(Cc2cccnc2)C(=O)CCn2ccc(C)n2)ccc1O[C@H]1CCOC1. The number of rotatable bonds is 10. The van der Waals surface area contributed by atoms with Crippen LogP contribution in [0.1, 0.15) is 29.7 Å². The Hall–Kier alpha value is -3.39. The molecule has 0 spiro atoms. The number of benzene rings is 1. The molecule has 3 aromatic rings. The van der Waals surface area contributed by atoms with Crippen molar-refractivity contribution >= 4 is 5.91 Å². The Morgan fingerprint density at radius 3 is 2.79 bits per heavy atom. The van der Waals surface area contributed by atoms with Gasteiger partial charge in [-0.25, -0.2) is 0 Å². The summed E-state index contributed by atoms with van der Waals surface area (Å²) in [4.78, 5) is 19.2. The molecule has 33 heavy (non-hydrogen) atoms. The lowest BCUT2D eigenvalue weighted by molar-refractivity contribution is -0.132. The molecular formula is C25H30N4O4. The summed E-state index contributed by atoms with van der Waals surface area (Å²) in [6.45, 7) is 4.71. The number of nitrogens with zero attached hydrogens (tertiary/aromatic N) is 4. The van der Waals surface area contributed by atoms with E-state index in [4.69, 9.17) is 14.2 Å². The molecule has 1 saturated heterocycles. The molecule has 3 heterocycles. The number of carbonyl (C=O) groups excluding carboxylic acids is 1. The van der Waals surface area contributed by atoms with Gasteiger partial charge in [0.1, 0.15) is 6.10 Å². The maximum atomic E-state index is 13.2. The first-order valence-corrected chi connectivity index (χ1v) is 11.2. The summed E-state index contributed by atoms with van der Waals surface area (Å²) in [5, 5.41) is 4.38. The van der Waals surface area contributed by atoms with Crippen molar-refractivity contribution in [3.63, 3.8) is 0 Å². The molecule has 1 fully saturated rings. The highest BCUT2D eigenvalue weighted by Gasteiger charge is 2.20. The van der Waals surface area contributed by atoms with Crippen molar-refractivity contribution in [3.8, 4) is 11.5 Å². The number of aromatic nitrogens is 3. The van der Waals surface area contributed by atoms with Crippen LogP contribution >= 0.6 is 0 Å². The average molecular weight is 451 g/mol. The highest BCUT2D eigenvalue weighted by atomic mass is 16.6. The molecule has 1 aromatic carbocycles. The molecule has 1 amide bonds. The summed E-state index contributed by atoms with van der Waals surface area (Å²) < 4.78 is 18.8. The minimum absolute atomic E-state index is 0.0411. The fraction of sp³-hybridized carbons (Fsp3) is 0.400. The van der Waals surface area contributed by atoms with Crippen molar-refractivity contribution in [3.05, 3.63) is 71.8 Å². The van der Waals surface area contributed by atoms with Crippen LogP contribution < -0.4 is 9.47 Å². The van der Waals surface area contributed by atoms with E-state index in [0.29, 0.717) is 50.8 Å². The molecule has 0 aliphatic carbocycles. The van der Waals surface area contributed by atoms with E-state index in [1.54, 1.807) is 24.2 Å². The van der Waals surface area contributed by atoms with Crippen LogP contribution in [0.25, 0.3) is 0 Å². The zero-order valence-electron chi connectivity index (χ0n) is 19.1. The number of hydrogen-bond acceptors (Lipinski definition) is 6. The van der Waals surface area contributed by atoms with Crippen LogP contribution in [0.2, 0.25) is 0 Å². The van der Waals surface area contributed by atoms with Crippen LogP contribution in [0.4, 0.5) is 0 Å². The number of pyridine rings is 1. The molecular weight excluding hydrogens is 420 g/mol. The van der Waals surface area contributed by atoms with E-state index in [1.165, 1.54) is 0 Å². The minimum Gasteiger partial charge on any atom is -0.493 e. The van der Waals surface area contributed by atoms with Crippen molar-refractivity contribution < 1.29 is 19.0 Å². The van der Waals surface area contributed by atoms with Crippen molar-refractivity contribution in [2.45, 2.75) is 45.5 Å². The Balaban J connectivity index is 1.47. The van der Waals surface area contributed by atoms with E-state index in [-0.39, 0.29) is 12.0 Å². The fourth-order valence-corrected chi connectivity index (χ4v) is 3.81. The topological polar surface area (TPSA) is 78.7 Å². The zero-order chi connectivity index (χ0) is 23.0. The van der Waals surface area contributed by atoms with Crippen LogP contribution in [-0.2, 0) is 29.2 Å². The second-order valence-corrected chi connectivity index (χ2v) is 8.17. The van der Waals surface area contributed by atoms with Crippen LogP contribution in [-0.4, -0.2) is 52.0 Å². The fourth-order valence-electron chi connectivity index (χ4n) is 3.81. The number of hydrogen-bond donors (Lipinski definition) is 0. The molecule has 1 aliphatic heterocycles. The summed E-state index contributed by atoms with van der Waals surface area (Å²) >= 11 is 0. The third-order valence-corrected chi connectivity index (χ3v) is 5.56. The van der Waals surface area contributed by atoms with E-state index < -0.39 is 0 Å². The lowest BCUT2D eigenvalue weighted by Gasteiger charge is -2.24. The lowest BCUT2D eigenvalue weighted by Crippen LogP contribution is -2.31. The van der Waals surface area contributed by atoms with Gasteiger partial charge in [-0.05, 0) is 42.3 Å². The van der Waals surface area contributed by atoms with E-state index in [2.05, 4.69) is 10.1 Å². The van der Waals surface area contributed by atoms with Crippen LogP contribution in [0.5, 0.6) is 11.5 Å². The Kier molecular flexibility index (Phi) is 7.57. The number of amides is 1. The normalized spacial score (nSPS) is 15.4. The molecule has 1 atom stereocenters. The van der Waals surface area contributed by atoms with Crippen molar-refractivity contribution in [2.24, 2.45) is 0 Å². The molecule has 174 valence electrons. The molecule has 0 radical (unpaired) electrons. The Morgan fingerprint density at radius 2 is 2.09 bits per heavy atom. The smallest absolute Gasteiger partial charge is 0.225 e. The first kappa shape index (κ1) is 22.8. The standard InChI is InChI=1S/C25H30N4O4/c1-19-7-11-29(27-19)12-8-25(30)28(17-21-4-3-10-26-15-21)16-20-5-6-23(24(14-20)31-2)33-22-9-13-32-18-22/h3-7,10-11,14-15,22H,8-9,12-13,16-18H2,1-2H3/t22-/m0/s1. The number of ether oxygens (including phenoxy) is 3. The van der Waals surface area contributed by atoms with Gasteiger partial charge >= 0.3 is 0 Å². The monoisotopic (exact) mass is 450 g/mol. The molecule has 8 heteroatoms. The van der Waals surface area contributed by atoms with Crippen LogP contribution in [0, 0.1) is 6.92 Å². The second-order valence-electron chi connectivity index (χ2n) is 8.17. The Morgan fingerprint density at radius 1 is 1.21 bits per heavy atom. The van der Waals surface area contributed by atoms with Crippen LogP contribution in [0.3, 0.4) is 0 Å². The Bertz CT molecular complexity index is 1050. The highest BCUT2D eigenvalue weighted by Crippen LogP contribution is 2.31. The summed E-state index contributed by atoms with van der Waals surface area (Å²) in [6, 6.07) is 11.6. The van der Waals surface area contributed by atoms with E-state index in [0.717, 1.165) is 23.2 Å². The largest absolute Gasteiger partial charge is 0.493 e. The molecule has 0 saturated carbocycles. The Labute approximate surface area is 194 Å². The summed E-state index contributed by atoms with van der Waals surface area (Å²) in [6.07, 6.45) is 6.69. The third-order valence-electron chi connectivity index (χ3n) is 5.56. The van der Waals surface area contributed by atoms with Crippen molar-refractivity contribution in [2.75, 3.05) is 20.3 Å². The molecule has 1 aliphatic rings. The van der Waals surface area contributed by atoms with Crippen molar-refractivity contribution in [1.82, 2.24) is 19.7 Å². The highest BCUT2D eigenvalue weighted by molar-refractivity contribution is 5.76. The van der Waals surface area contributed by atoms with Gasteiger partial charge in [-0.2, -0.15) is 5.10 Å². The predicted molar refractivity (Wildman–Crippen MR) is 123 cm³/mol. The molecule has 2 aromatic heterocycles. The lowest BCUT2D eigenvalue weighted by atomic mass is 10.1. The first-order valence-electron chi connectivity index (χ1n) is 11.2. The van der Waals surface area contributed by atoms with Gasteiger partial charge in [0.15, 0.2) is 11.5 Å². The maximum absolute atomic E-state index is 13.2. The molecule has 0 unspecified atom stereocenters. The molecule has 0 N–H and O–H groups in total. The van der Waals surface area contributed by atoms with E-state index in [1.807, 2.05) is 54.4 Å². The van der Waals surface area contributed by atoms with E-state index >= 15 is 0 Å². The van der Waals surface area contributed by atoms with Gasteiger partial charge in [-0.3, -0.25) is 14.5 Å². The maximum Gasteiger partial charge on any atom is 0.225 e. The molecule has 0 bridgehead atoms. The molecule has 4 rings (SSSR count). The molecule has 8 nitrogen and oxygen atoms in total. The zero-order valence-corrected chi connectivity index (χ0v) is 19.1. The average Bonchev–Trinajstić information content (AvgIpc) is 3.50. The van der Waals surface area contributed by atoms with Gasteiger partial charge in [-0.1, -0.05) is 12.1 Å². The minimum atomic E-state index is 0.0411. The van der Waals surface area contributed by atoms with Gasteiger partial charge in [0.2, 0.25) is 5.91 Å². The second kappa shape index (κ2) is 11.0. The van der Waals surface area contributed by atoms with E-state index in [9.17, 15) is 4.79 Å². The number of carbonyl (C=O) groups is 1. The summed E-state index contributed by atoms with van der Waals surface area (Å²) in [7, 11) is 1.63. The van der Waals surface area contributed by atoms with Gasteiger partial charge in [-0.15, -0.1) is 0 Å². The summed E-state index contributed by atoms with van der Waals surface area (Å²) in [5.74, 6) is 1.39. The van der Waals surface area contributed by atoms with Crippen molar-refractivity contribution in [1.29, 1.82) is 0 Å². The number of aryl methyl sites for hydroxylation is 2. The van der Waals surface area contributed by atoms with Gasteiger partial charge in [0.05, 0.1) is 26.0 Å². The first-order chi connectivity index (χ1) is 16.1. The third kappa shape index (κ3) is 6.32. The van der Waals surface area contributed by atoms with Gasteiger partial charge in [0, 0.05) is 51.1 Å². The van der Waals surface area contributed by atoms with Gasteiger partial charge < -0.3 is 19.1 Å². The predicted octanol–water partition coefficient (Wildman–Crippen LogP) is 3.38. The van der Waals surface area contributed by atoms with Gasteiger partial charge in [0.25, 0.3) is 0 Å². The van der Waals surface area contributed by atoms with Crippen LogP contribution in [0.15, 0.2) is 55.0 Å². The summed E-state index contributed by atoms with van der Waals surface area (Å²) in [5.41, 5.74) is 2.89. The quantitative estimate of drug-likeness (QED) is 0.471. The number of methoxy groups -OCH3 is 1.